The highest BCUT2D eigenvalue weighted by atomic mass is 19.1. The lowest BCUT2D eigenvalue weighted by molar-refractivity contribution is 0.630. The smallest absolute Gasteiger partial charge is 0.157 e. The fraction of sp³-hybridized carbons (Fsp3) is 0. The van der Waals surface area contributed by atoms with Crippen LogP contribution in [0.25, 0.3) is 16.9 Å². The summed E-state index contributed by atoms with van der Waals surface area (Å²) in [5.41, 5.74) is 7.37. The maximum Gasteiger partial charge on any atom is 0.157 e. The molecule has 84 valence electrons. The van der Waals surface area contributed by atoms with Gasteiger partial charge in [-0.1, -0.05) is 12.1 Å². The molecule has 1 aromatic carbocycles. The Hall–Kier alpha value is -2.43. The third kappa shape index (κ3) is 1.52. The first-order valence-electron chi connectivity index (χ1n) is 5.11. The molecule has 3 rings (SSSR count). The van der Waals surface area contributed by atoms with E-state index in [9.17, 15) is 4.39 Å². The first kappa shape index (κ1) is 9.77. The van der Waals surface area contributed by atoms with Crippen molar-refractivity contribution in [3.63, 3.8) is 0 Å². The molecular formula is C12H9FN4. The number of fused-ring (bicyclic) bond motifs is 1. The zero-order chi connectivity index (χ0) is 11.8. The Morgan fingerprint density at radius 2 is 2.00 bits per heavy atom. The van der Waals surface area contributed by atoms with E-state index < -0.39 is 0 Å². The summed E-state index contributed by atoms with van der Waals surface area (Å²) >= 11 is 0. The van der Waals surface area contributed by atoms with Crippen molar-refractivity contribution in [1.82, 2.24) is 14.6 Å². The van der Waals surface area contributed by atoms with Crippen LogP contribution in [0.2, 0.25) is 0 Å². The second kappa shape index (κ2) is 3.55. The van der Waals surface area contributed by atoms with E-state index in [4.69, 9.17) is 5.73 Å². The van der Waals surface area contributed by atoms with E-state index in [0.717, 1.165) is 0 Å². The molecule has 5 heteroatoms. The largest absolute Gasteiger partial charge is 0.384 e. The molecule has 0 aliphatic rings. The summed E-state index contributed by atoms with van der Waals surface area (Å²) in [5.74, 6) is 0.113. The summed E-state index contributed by atoms with van der Waals surface area (Å²) in [7, 11) is 0. The number of rotatable bonds is 1. The summed E-state index contributed by atoms with van der Waals surface area (Å²) in [5, 5.41) is 4.01. The Morgan fingerprint density at radius 3 is 2.82 bits per heavy atom. The van der Waals surface area contributed by atoms with E-state index in [1.165, 1.54) is 10.6 Å². The molecule has 0 unspecified atom stereocenters. The summed E-state index contributed by atoms with van der Waals surface area (Å²) in [6, 6.07) is 9.80. The molecule has 2 heterocycles. The van der Waals surface area contributed by atoms with E-state index in [2.05, 4.69) is 10.1 Å². The lowest BCUT2D eigenvalue weighted by atomic mass is 10.1. The second-order valence-corrected chi connectivity index (χ2v) is 3.65. The summed E-state index contributed by atoms with van der Waals surface area (Å²) in [6.07, 6.45) is 1.60. The van der Waals surface area contributed by atoms with Gasteiger partial charge in [-0.3, -0.25) is 0 Å². The minimum atomic E-state index is -0.316. The normalized spacial score (nSPS) is 10.9. The molecule has 0 radical (unpaired) electrons. The third-order valence-electron chi connectivity index (χ3n) is 2.54. The lowest BCUT2D eigenvalue weighted by Gasteiger charge is -2.05. The Bertz CT molecular complexity index is 690. The van der Waals surface area contributed by atoms with Crippen molar-refractivity contribution in [2.75, 3.05) is 5.73 Å². The number of hydrogen-bond acceptors (Lipinski definition) is 3. The monoisotopic (exact) mass is 228 g/mol. The van der Waals surface area contributed by atoms with Gasteiger partial charge >= 0.3 is 0 Å². The Morgan fingerprint density at radius 1 is 1.18 bits per heavy atom. The van der Waals surface area contributed by atoms with Gasteiger partial charge in [-0.05, 0) is 12.1 Å². The predicted octanol–water partition coefficient (Wildman–Crippen LogP) is 2.12. The van der Waals surface area contributed by atoms with E-state index >= 15 is 0 Å². The van der Waals surface area contributed by atoms with Crippen molar-refractivity contribution in [3.8, 4) is 11.3 Å². The molecule has 0 saturated carbocycles. The molecule has 0 spiro atoms. The summed E-state index contributed by atoms with van der Waals surface area (Å²) in [6.45, 7) is 0. The van der Waals surface area contributed by atoms with Gasteiger partial charge in [0.2, 0.25) is 0 Å². The molecule has 2 N–H and O–H groups in total. The van der Waals surface area contributed by atoms with Gasteiger partial charge in [0.1, 0.15) is 11.6 Å². The van der Waals surface area contributed by atoms with Gasteiger partial charge in [0.05, 0.1) is 11.9 Å². The lowest BCUT2D eigenvalue weighted by Crippen LogP contribution is -2.01. The number of nitrogens with zero attached hydrogens (tertiary/aromatic N) is 3. The molecule has 4 nitrogen and oxygen atoms in total. The van der Waals surface area contributed by atoms with Gasteiger partial charge < -0.3 is 5.73 Å². The maximum absolute atomic E-state index is 13.6. The summed E-state index contributed by atoms with van der Waals surface area (Å²) in [4.78, 5) is 4.31. The van der Waals surface area contributed by atoms with Crippen LogP contribution < -0.4 is 5.73 Å². The van der Waals surface area contributed by atoms with Crippen LogP contribution in [-0.4, -0.2) is 14.6 Å². The van der Waals surface area contributed by atoms with E-state index in [-0.39, 0.29) is 5.82 Å². The zero-order valence-electron chi connectivity index (χ0n) is 8.84. The van der Waals surface area contributed by atoms with Crippen LogP contribution in [-0.2, 0) is 0 Å². The molecular weight excluding hydrogens is 219 g/mol. The number of hydrogen-bond donors (Lipinski definition) is 1. The Labute approximate surface area is 96.5 Å². The summed E-state index contributed by atoms with van der Waals surface area (Å²) < 4.78 is 15.1. The van der Waals surface area contributed by atoms with Crippen LogP contribution in [0, 0.1) is 5.82 Å². The molecule has 0 aliphatic heterocycles. The SMILES string of the molecule is Nc1cc(-c2ccccc2F)nc2ccnn12. The standard InChI is InChI=1S/C12H9FN4/c13-9-4-2-1-3-8(9)10-7-11(14)17-12(16-10)5-6-15-17/h1-7H,14H2. The first-order valence-corrected chi connectivity index (χ1v) is 5.11. The number of nitrogens with two attached hydrogens (primary N) is 1. The molecule has 2 aromatic heterocycles. The van der Waals surface area contributed by atoms with Gasteiger partial charge in [0.25, 0.3) is 0 Å². The number of nitrogen functional groups attached to an aromatic ring is 1. The number of halogens is 1. The van der Waals surface area contributed by atoms with E-state index in [1.54, 1.807) is 36.5 Å². The van der Waals surface area contributed by atoms with Crippen LogP contribution >= 0.6 is 0 Å². The topological polar surface area (TPSA) is 56.2 Å². The van der Waals surface area contributed by atoms with Gasteiger partial charge in [0.15, 0.2) is 5.65 Å². The number of aromatic nitrogens is 3. The van der Waals surface area contributed by atoms with Crippen molar-refractivity contribution < 1.29 is 4.39 Å². The Balaban J connectivity index is 2.28. The molecule has 0 aliphatic carbocycles. The van der Waals surface area contributed by atoms with Crippen LogP contribution in [0.15, 0.2) is 42.6 Å². The van der Waals surface area contributed by atoms with Crippen molar-refractivity contribution in [2.45, 2.75) is 0 Å². The van der Waals surface area contributed by atoms with Crippen molar-refractivity contribution in [3.05, 3.63) is 48.4 Å². The average molecular weight is 228 g/mol. The minimum absolute atomic E-state index is 0.316. The quantitative estimate of drug-likeness (QED) is 0.694. The molecule has 0 amide bonds. The van der Waals surface area contributed by atoms with Gasteiger partial charge in [-0.15, -0.1) is 0 Å². The van der Waals surface area contributed by atoms with Crippen molar-refractivity contribution in [1.29, 1.82) is 0 Å². The molecule has 17 heavy (non-hydrogen) atoms. The predicted molar refractivity (Wildman–Crippen MR) is 62.8 cm³/mol. The van der Waals surface area contributed by atoms with Crippen LogP contribution in [0.5, 0.6) is 0 Å². The first-order chi connectivity index (χ1) is 8.25. The molecule has 0 atom stereocenters. The van der Waals surface area contributed by atoms with E-state index in [1.807, 2.05) is 0 Å². The van der Waals surface area contributed by atoms with Crippen LogP contribution in [0.4, 0.5) is 10.2 Å². The maximum atomic E-state index is 13.6. The fourth-order valence-electron chi connectivity index (χ4n) is 1.74. The van der Waals surface area contributed by atoms with Gasteiger partial charge in [-0.25, -0.2) is 9.37 Å². The van der Waals surface area contributed by atoms with Crippen molar-refractivity contribution >= 4 is 11.5 Å². The number of benzene rings is 1. The van der Waals surface area contributed by atoms with E-state index in [0.29, 0.717) is 22.7 Å². The second-order valence-electron chi connectivity index (χ2n) is 3.65. The van der Waals surface area contributed by atoms with Crippen molar-refractivity contribution in [2.24, 2.45) is 0 Å². The highest BCUT2D eigenvalue weighted by Gasteiger charge is 2.09. The minimum Gasteiger partial charge on any atom is -0.384 e. The highest BCUT2D eigenvalue weighted by molar-refractivity contribution is 5.65. The zero-order valence-corrected chi connectivity index (χ0v) is 8.84. The third-order valence-corrected chi connectivity index (χ3v) is 2.54. The molecule has 3 aromatic rings. The highest BCUT2D eigenvalue weighted by Crippen LogP contribution is 2.23. The molecule has 0 fully saturated rings. The van der Waals surface area contributed by atoms with Gasteiger partial charge in [-0.2, -0.15) is 9.61 Å². The fourth-order valence-corrected chi connectivity index (χ4v) is 1.74. The molecule has 0 saturated heterocycles. The number of anilines is 1. The van der Waals surface area contributed by atoms with Crippen LogP contribution in [0.3, 0.4) is 0 Å². The van der Waals surface area contributed by atoms with Crippen LogP contribution in [0.1, 0.15) is 0 Å². The average Bonchev–Trinajstić information content (AvgIpc) is 2.78. The van der Waals surface area contributed by atoms with Gasteiger partial charge in [0, 0.05) is 17.7 Å². The molecule has 0 bridgehead atoms. The Kier molecular flexibility index (Phi) is 2.04.